The van der Waals surface area contributed by atoms with Crippen LogP contribution in [-0.2, 0) is 13.5 Å². The normalized spacial score (nSPS) is 11.0. The highest BCUT2D eigenvalue weighted by molar-refractivity contribution is 5.89. The summed E-state index contributed by atoms with van der Waals surface area (Å²) >= 11 is 0. The van der Waals surface area contributed by atoms with E-state index in [2.05, 4.69) is 4.98 Å². The van der Waals surface area contributed by atoms with Gasteiger partial charge in [-0.1, -0.05) is 29.8 Å². The molecular formula is C17H16N2O2. The highest BCUT2D eigenvalue weighted by Crippen LogP contribution is 2.19. The molecule has 3 aromatic rings. The number of carboxylic acids is 1. The van der Waals surface area contributed by atoms with E-state index in [-0.39, 0.29) is 0 Å². The van der Waals surface area contributed by atoms with E-state index in [4.69, 9.17) is 0 Å². The average Bonchev–Trinajstić information content (AvgIpc) is 2.78. The summed E-state index contributed by atoms with van der Waals surface area (Å²) in [5, 5.41) is 9.35. The number of aryl methyl sites for hydroxylation is 2. The SMILES string of the molecule is Cc1ccc(Cc2nc3ccccc3n2C)c(C(=O)O)c1. The number of hydrogen-bond acceptors (Lipinski definition) is 2. The Kier molecular flexibility index (Phi) is 3.22. The summed E-state index contributed by atoms with van der Waals surface area (Å²) in [6.45, 7) is 1.89. The van der Waals surface area contributed by atoms with Gasteiger partial charge in [0, 0.05) is 13.5 Å². The van der Waals surface area contributed by atoms with E-state index in [9.17, 15) is 9.90 Å². The number of carbonyl (C=O) groups is 1. The highest BCUT2D eigenvalue weighted by Gasteiger charge is 2.14. The third-order valence-electron chi connectivity index (χ3n) is 3.72. The van der Waals surface area contributed by atoms with E-state index in [0.29, 0.717) is 12.0 Å². The number of aromatic nitrogens is 2. The second-order valence-corrected chi connectivity index (χ2v) is 5.22. The van der Waals surface area contributed by atoms with Crippen molar-refractivity contribution in [3.05, 3.63) is 65.0 Å². The zero-order valence-electron chi connectivity index (χ0n) is 12.0. The Morgan fingerprint density at radius 1 is 1.24 bits per heavy atom. The highest BCUT2D eigenvalue weighted by atomic mass is 16.4. The third-order valence-corrected chi connectivity index (χ3v) is 3.72. The maximum absolute atomic E-state index is 11.4. The second-order valence-electron chi connectivity index (χ2n) is 5.22. The molecule has 0 unspecified atom stereocenters. The molecule has 0 bridgehead atoms. The Hall–Kier alpha value is -2.62. The van der Waals surface area contributed by atoms with Gasteiger partial charge in [-0.15, -0.1) is 0 Å². The summed E-state index contributed by atoms with van der Waals surface area (Å²) in [7, 11) is 1.96. The van der Waals surface area contributed by atoms with Crippen LogP contribution >= 0.6 is 0 Å². The molecule has 0 atom stereocenters. The van der Waals surface area contributed by atoms with Gasteiger partial charge in [0.2, 0.25) is 0 Å². The van der Waals surface area contributed by atoms with Crippen LogP contribution in [0.25, 0.3) is 11.0 Å². The third kappa shape index (κ3) is 2.40. The van der Waals surface area contributed by atoms with Crippen molar-refractivity contribution in [2.24, 2.45) is 7.05 Å². The van der Waals surface area contributed by atoms with Gasteiger partial charge in [-0.25, -0.2) is 9.78 Å². The van der Waals surface area contributed by atoms with Crippen LogP contribution < -0.4 is 0 Å². The number of aromatic carboxylic acids is 1. The van der Waals surface area contributed by atoms with E-state index < -0.39 is 5.97 Å². The maximum atomic E-state index is 11.4. The smallest absolute Gasteiger partial charge is 0.335 e. The minimum absolute atomic E-state index is 0.349. The lowest BCUT2D eigenvalue weighted by Crippen LogP contribution is -2.06. The molecule has 2 aromatic carbocycles. The molecule has 0 amide bonds. The number of para-hydroxylation sites is 2. The Bertz CT molecular complexity index is 834. The molecule has 0 radical (unpaired) electrons. The summed E-state index contributed by atoms with van der Waals surface area (Å²) in [5.74, 6) is -0.0324. The fourth-order valence-corrected chi connectivity index (χ4v) is 2.57. The molecule has 0 spiro atoms. The number of carboxylic acid groups (broad SMARTS) is 1. The fraction of sp³-hybridized carbons (Fsp3) is 0.176. The maximum Gasteiger partial charge on any atom is 0.335 e. The summed E-state index contributed by atoms with van der Waals surface area (Å²) in [5.41, 5.74) is 4.06. The number of benzene rings is 2. The van der Waals surface area contributed by atoms with Gasteiger partial charge in [-0.2, -0.15) is 0 Å². The quantitative estimate of drug-likeness (QED) is 0.801. The summed E-state index contributed by atoms with van der Waals surface area (Å²) in [4.78, 5) is 16.0. The monoisotopic (exact) mass is 280 g/mol. The van der Waals surface area contributed by atoms with E-state index in [0.717, 1.165) is 28.0 Å². The van der Waals surface area contributed by atoms with E-state index >= 15 is 0 Å². The first-order chi connectivity index (χ1) is 10.1. The summed E-state index contributed by atoms with van der Waals surface area (Å²) < 4.78 is 2.01. The molecule has 1 heterocycles. The van der Waals surface area contributed by atoms with Crippen LogP contribution in [0.2, 0.25) is 0 Å². The zero-order chi connectivity index (χ0) is 15.0. The molecule has 3 rings (SSSR count). The van der Waals surface area contributed by atoms with Gasteiger partial charge in [-0.3, -0.25) is 0 Å². The predicted molar refractivity (Wildman–Crippen MR) is 81.7 cm³/mol. The lowest BCUT2D eigenvalue weighted by Gasteiger charge is -2.07. The van der Waals surface area contributed by atoms with Crippen LogP contribution in [0.15, 0.2) is 42.5 Å². The summed E-state index contributed by atoms with van der Waals surface area (Å²) in [6.07, 6.45) is 0.507. The van der Waals surface area contributed by atoms with E-state index in [1.807, 2.05) is 54.9 Å². The summed E-state index contributed by atoms with van der Waals surface area (Å²) in [6, 6.07) is 13.4. The Morgan fingerprint density at radius 3 is 2.71 bits per heavy atom. The zero-order valence-corrected chi connectivity index (χ0v) is 12.0. The molecule has 4 nitrogen and oxygen atoms in total. The molecule has 0 aliphatic carbocycles. The van der Waals surface area contributed by atoms with Gasteiger partial charge in [0.15, 0.2) is 0 Å². The molecule has 0 saturated heterocycles. The minimum Gasteiger partial charge on any atom is -0.478 e. The van der Waals surface area contributed by atoms with Crippen molar-refractivity contribution in [2.75, 3.05) is 0 Å². The van der Waals surface area contributed by atoms with Crippen LogP contribution in [0.4, 0.5) is 0 Å². The molecule has 21 heavy (non-hydrogen) atoms. The lowest BCUT2D eigenvalue weighted by molar-refractivity contribution is 0.0695. The van der Waals surface area contributed by atoms with Crippen LogP contribution in [0.5, 0.6) is 0 Å². The molecule has 0 aliphatic rings. The van der Waals surface area contributed by atoms with Crippen LogP contribution in [0, 0.1) is 6.92 Å². The van der Waals surface area contributed by atoms with Crippen molar-refractivity contribution < 1.29 is 9.90 Å². The number of imidazole rings is 1. The van der Waals surface area contributed by atoms with Crippen LogP contribution in [-0.4, -0.2) is 20.6 Å². The first kappa shape index (κ1) is 13.4. The van der Waals surface area contributed by atoms with E-state index in [1.165, 1.54) is 0 Å². The van der Waals surface area contributed by atoms with Crippen molar-refractivity contribution in [1.29, 1.82) is 0 Å². The minimum atomic E-state index is -0.896. The molecule has 0 fully saturated rings. The molecule has 106 valence electrons. The van der Waals surface area contributed by atoms with Gasteiger partial charge < -0.3 is 9.67 Å². The number of fused-ring (bicyclic) bond motifs is 1. The van der Waals surface area contributed by atoms with Gasteiger partial charge >= 0.3 is 5.97 Å². The van der Waals surface area contributed by atoms with Crippen LogP contribution in [0.3, 0.4) is 0 Å². The first-order valence-corrected chi connectivity index (χ1v) is 6.79. The molecule has 0 aliphatic heterocycles. The molecule has 1 aromatic heterocycles. The van der Waals surface area contributed by atoms with E-state index in [1.54, 1.807) is 6.07 Å². The lowest BCUT2D eigenvalue weighted by atomic mass is 10.0. The second kappa shape index (κ2) is 5.05. The van der Waals surface area contributed by atoms with Gasteiger partial charge in [0.1, 0.15) is 5.82 Å². The van der Waals surface area contributed by atoms with Gasteiger partial charge in [0.25, 0.3) is 0 Å². The number of rotatable bonds is 3. The Morgan fingerprint density at radius 2 is 2.00 bits per heavy atom. The Balaban J connectivity index is 2.06. The van der Waals surface area contributed by atoms with Crippen molar-refractivity contribution in [3.8, 4) is 0 Å². The number of hydrogen-bond donors (Lipinski definition) is 1. The molecule has 1 N–H and O–H groups in total. The Labute approximate surface area is 122 Å². The van der Waals surface area contributed by atoms with Crippen molar-refractivity contribution in [1.82, 2.24) is 9.55 Å². The van der Waals surface area contributed by atoms with Crippen molar-refractivity contribution in [3.63, 3.8) is 0 Å². The standard InChI is InChI=1S/C17H16N2O2/c1-11-7-8-12(13(9-11)17(20)21)10-16-18-14-5-3-4-6-15(14)19(16)2/h3-9H,10H2,1-2H3,(H,20,21). The molecule has 0 saturated carbocycles. The molecular weight excluding hydrogens is 264 g/mol. The predicted octanol–water partition coefficient (Wildman–Crippen LogP) is 3.17. The number of nitrogens with zero attached hydrogens (tertiary/aromatic N) is 2. The largest absolute Gasteiger partial charge is 0.478 e. The van der Waals surface area contributed by atoms with Gasteiger partial charge in [-0.05, 0) is 30.7 Å². The van der Waals surface area contributed by atoms with Crippen molar-refractivity contribution >= 4 is 17.0 Å². The average molecular weight is 280 g/mol. The topological polar surface area (TPSA) is 55.1 Å². The van der Waals surface area contributed by atoms with Crippen LogP contribution in [0.1, 0.15) is 27.3 Å². The fourth-order valence-electron chi connectivity index (χ4n) is 2.57. The van der Waals surface area contributed by atoms with Crippen molar-refractivity contribution in [2.45, 2.75) is 13.3 Å². The molecule has 4 heteroatoms. The first-order valence-electron chi connectivity index (χ1n) is 6.79. The van der Waals surface area contributed by atoms with Gasteiger partial charge in [0.05, 0.1) is 16.6 Å².